The molecule has 1 aromatic heterocycles. The zero-order valence-corrected chi connectivity index (χ0v) is 24.1. The maximum Gasteiger partial charge on any atom is 0.253 e. The molecule has 0 saturated carbocycles. The number of anilines is 2. The fourth-order valence-corrected chi connectivity index (χ4v) is 5.86. The van der Waals surface area contributed by atoms with Gasteiger partial charge in [0.2, 0.25) is 11.9 Å². The van der Waals surface area contributed by atoms with Gasteiger partial charge in [-0.3, -0.25) is 9.59 Å². The summed E-state index contributed by atoms with van der Waals surface area (Å²) >= 11 is 0. The zero-order chi connectivity index (χ0) is 27.6. The molecule has 2 heterocycles. The van der Waals surface area contributed by atoms with E-state index in [4.69, 9.17) is 0 Å². The normalized spacial score (nSPS) is 17.6. The van der Waals surface area contributed by atoms with Gasteiger partial charge in [0.1, 0.15) is 5.82 Å². The van der Waals surface area contributed by atoms with Crippen molar-refractivity contribution in [2.75, 3.05) is 44.0 Å². The van der Waals surface area contributed by atoms with E-state index < -0.39 is 0 Å². The minimum absolute atomic E-state index is 0.0393. The molecule has 1 saturated heterocycles. The highest BCUT2D eigenvalue weighted by Crippen LogP contribution is 2.38. The quantitative estimate of drug-likeness (QED) is 0.508. The van der Waals surface area contributed by atoms with Crippen LogP contribution in [0.3, 0.4) is 0 Å². The van der Waals surface area contributed by atoms with Gasteiger partial charge in [0.15, 0.2) is 0 Å². The third-order valence-corrected chi connectivity index (χ3v) is 7.89. The molecule has 1 fully saturated rings. The molecule has 1 atom stereocenters. The van der Waals surface area contributed by atoms with Gasteiger partial charge in [-0.25, -0.2) is 4.98 Å². The highest BCUT2D eigenvalue weighted by atomic mass is 16.2. The Morgan fingerprint density at radius 1 is 1.03 bits per heavy atom. The molecule has 0 N–H and O–H groups in total. The van der Waals surface area contributed by atoms with E-state index in [9.17, 15) is 9.59 Å². The van der Waals surface area contributed by atoms with E-state index in [1.165, 1.54) is 5.56 Å². The molecular formula is C30H44N6O2. The van der Waals surface area contributed by atoms with Gasteiger partial charge in [-0.05, 0) is 74.8 Å². The van der Waals surface area contributed by atoms with Crippen LogP contribution in [0, 0.1) is 5.92 Å². The van der Waals surface area contributed by atoms with Crippen molar-refractivity contribution in [2.24, 2.45) is 5.92 Å². The maximum absolute atomic E-state index is 13.6. The number of hydrogen-bond acceptors (Lipinski definition) is 6. The van der Waals surface area contributed by atoms with Crippen LogP contribution in [0.4, 0.5) is 11.8 Å². The van der Waals surface area contributed by atoms with E-state index in [-0.39, 0.29) is 29.9 Å². The third-order valence-electron chi connectivity index (χ3n) is 7.89. The number of rotatable bonds is 8. The van der Waals surface area contributed by atoms with Crippen molar-refractivity contribution >= 4 is 23.6 Å². The molecule has 8 nitrogen and oxygen atoms in total. The fourth-order valence-electron chi connectivity index (χ4n) is 5.86. The third kappa shape index (κ3) is 5.94. The Balaban J connectivity index is 1.45. The first-order valence-corrected chi connectivity index (χ1v) is 14.0. The van der Waals surface area contributed by atoms with Gasteiger partial charge in [-0.15, -0.1) is 0 Å². The highest BCUT2D eigenvalue weighted by molar-refractivity contribution is 5.94. The van der Waals surface area contributed by atoms with Gasteiger partial charge in [-0.2, -0.15) is 4.98 Å². The number of carbonyl (C=O) groups is 2. The van der Waals surface area contributed by atoms with Gasteiger partial charge in [0.05, 0.1) is 6.04 Å². The molecule has 0 spiro atoms. The van der Waals surface area contributed by atoms with Crippen LogP contribution in [0.5, 0.6) is 0 Å². The minimum atomic E-state index is 0.0393. The number of aryl methyl sites for hydroxylation is 1. The van der Waals surface area contributed by atoms with Crippen LogP contribution in [-0.2, 0) is 11.2 Å². The lowest BCUT2D eigenvalue weighted by Gasteiger charge is -2.37. The molecule has 1 aromatic carbocycles. The fraction of sp³-hybridized carbons (Fsp3) is 0.600. The van der Waals surface area contributed by atoms with Crippen molar-refractivity contribution in [3.8, 4) is 0 Å². The molecule has 1 aliphatic carbocycles. The number of carbonyl (C=O) groups excluding carboxylic acids is 2. The molecule has 206 valence electrons. The average Bonchev–Trinajstić information content (AvgIpc) is 3.30. The van der Waals surface area contributed by atoms with Crippen LogP contribution in [0.2, 0.25) is 0 Å². The second-order valence-corrected chi connectivity index (χ2v) is 11.7. The molecule has 0 radical (unpaired) electrons. The Morgan fingerprint density at radius 3 is 2.37 bits per heavy atom. The lowest BCUT2D eigenvalue weighted by atomic mass is 9.99. The van der Waals surface area contributed by atoms with E-state index >= 15 is 0 Å². The number of piperidine rings is 1. The van der Waals surface area contributed by atoms with E-state index in [0.717, 1.165) is 50.2 Å². The number of nitrogens with zero attached hydrogens (tertiary/aromatic N) is 6. The predicted molar refractivity (Wildman–Crippen MR) is 153 cm³/mol. The largest absolute Gasteiger partial charge is 0.356 e. The van der Waals surface area contributed by atoms with Crippen LogP contribution in [-0.4, -0.2) is 77.9 Å². The van der Waals surface area contributed by atoms with E-state index in [0.29, 0.717) is 23.9 Å². The van der Waals surface area contributed by atoms with Gasteiger partial charge in [0.25, 0.3) is 5.91 Å². The summed E-state index contributed by atoms with van der Waals surface area (Å²) in [5.41, 5.74) is 3.12. The summed E-state index contributed by atoms with van der Waals surface area (Å²) in [6, 6.07) is 8.41. The standard InChI is InChI=1S/C30H44N6O2/c1-20(2)18-28(37)36(21(3)4)26-11-10-22-8-9-23(19-25(22)26)29(38)34(7)24-13-16-35(17-14-24)27-12-15-31-30(32-27)33(5)6/h8-9,12,15,19-21,24,26H,10-11,13-14,16-18H2,1-7H3/t26-/m1/s1. The first kappa shape index (κ1) is 27.9. The van der Waals surface area contributed by atoms with Crippen LogP contribution < -0.4 is 9.80 Å². The number of benzene rings is 1. The zero-order valence-electron chi connectivity index (χ0n) is 24.1. The number of hydrogen-bond donors (Lipinski definition) is 0. The maximum atomic E-state index is 13.6. The molecule has 0 bridgehead atoms. The van der Waals surface area contributed by atoms with Crippen molar-refractivity contribution in [2.45, 2.75) is 77.9 Å². The molecule has 4 rings (SSSR count). The molecule has 38 heavy (non-hydrogen) atoms. The Kier molecular flexibility index (Phi) is 8.58. The van der Waals surface area contributed by atoms with E-state index in [1.807, 2.05) is 48.0 Å². The van der Waals surface area contributed by atoms with Crippen molar-refractivity contribution in [3.63, 3.8) is 0 Å². The van der Waals surface area contributed by atoms with Crippen molar-refractivity contribution in [1.82, 2.24) is 19.8 Å². The van der Waals surface area contributed by atoms with Gasteiger partial charge < -0.3 is 19.6 Å². The Hall–Kier alpha value is -3.16. The Labute approximate surface area is 228 Å². The first-order chi connectivity index (χ1) is 18.1. The van der Waals surface area contributed by atoms with Gasteiger partial charge in [-0.1, -0.05) is 19.9 Å². The van der Waals surface area contributed by atoms with E-state index in [2.05, 4.69) is 54.7 Å². The summed E-state index contributed by atoms with van der Waals surface area (Å²) in [5, 5.41) is 0. The Bertz CT molecular complexity index is 1140. The second kappa shape index (κ2) is 11.7. The van der Waals surface area contributed by atoms with Gasteiger partial charge in [0, 0.05) is 64.5 Å². The van der Waals surface area contributed by atoms with Gasteiger partial charge >= 0.3 is 0 Å². The summed E-state index contributed by atoms with van der Waals surface area (Å²) in [6.45, 7) is 10.1. The first-order valence-electron chi connectivity index (χ1n) is 14.0. The summed E-state index contributed by atoms with van der Waals surface area (Å²) in [6.07, 6.45) is 6.00. The minimum Gasteiger partial charge on any atom is -0.356 e. The topological polar surface area (TPSA) is 72.9 Å². The molecular weight excluding hydrogens is 476 g/mol. The van der Waals surface area contributed by atoms with Crippen molar-refractivity contribution in [3.05, 3.63) is 47.2 Å². The molecule has 2 aliphatic rings. The smallest absolute Gasteiger partial charge is 0.253 e. The van der Waals surface area contributed by atoms with E-state index in [1.54, 1.807) is 6.20 Å². The number of aromatic nitrogens is 2. The van der Waals surface area contributed by atoms with Crippen molar-refractivity contribution in [1.29, 1.82) is 0 Å². The lowest BCUT2D eigenvalue weighted by molar-refractivity contribution is -0.136. The number of amides is 2. The second-order valence-electron chi connectivity index (χ2n) is 11.7. The van der Waals surface area contributed by atoms with Crippen LogP contribution in [0.1, 0.15) is 80.9 Å². The Morgan fingerprint density at radius 2 is 1.74 bits per heavy atom. The average molecular weight is 521 g/mol. The summed E-state index contributed by atoms with van der Waals surface area (Å²) < 4.78 is 0. The predicted octanol–water partition coefficient (Wildman–Crippen LogP) is 4.55. The molecule has 8 heteroatoms. The molecule has 2 amide bonds. The van der Waals surface area contributed by atoms with Crippen molar-refractivity contribution < 1.29 is 9.59 Å². The SMILES string of the molecule is CC(C)CC(=O)N(C(C)C)[C@@H]1CCc2ccc(C(=O)N(C)C3CCN(c4ccnc(N(C)C)n4)CC3)cc21. The lowest BCUT2D eigenvalue weighted by Crippen LogP contribution is -2.46. The monoisotopic (exact) mass is 520 g/mol. The highest BCUT2D eigenvalue weighted by Gasteiger charge is 2.34. The summed E-state index contributed by atoms with van der Waals surface area (Å²) in [4.78, 5) is 43.9. The van der Waals surface area contributed by atoms with Crippen LogP contribution in [0.15, 0.2) is 30.5 Å². The molecule has 2 aromatic rings. The van der Waals surface area contributed by atoms with Crippen LogP contribution >= 0.6 is 0 Å². The summed E-state index contributed by atoms with van der Waals surface area (Å²) in [7, 11) is 5.81. The summed E-state index contributed by atoms with van der Waals surface area (Å²) in [5.74, 6) is 2.21. The van der Waals surface area contributed by atoms with Crippen LogP contribution in [0.25, 0.3) is 0 Å². The number of fused-ring (bicyclic) bond motifs is 1. The molecule has 1 aliphatic heterocycles. The molecule has 0 unspecified atom stereocenters.